The fourth-order valence-corrected chi connectivity index (χ4v) is 3.66. The number of amides is 1. The molecule has 1 fully saturated rings. The quantitative estimate of drug-likeness (QED) is 0.372. The first-order valence-corrected chi connectivity index (χ1v) is 10.0. The highest BCUT2D eigenvalue weighted by molar-refractivity contribution is 6.46. The maximum absolute atomic E-state index is 13.0. The van der Waals surface area contributed by atoms with Crippen LogP contribution in [0.15, 0.2) is 40.5 Å². The number of halogens is 1. The number of ether oxygens (including phenoxy) is 3. The number of aliphatic hydroxyl groups is 1. The van der Waals surface area contributed by atoms with Gasteiger partial charge in [0.1, 0.15) is 29.1 Å². The summed E-state index contributed by atoms with van der Waals surface area (Å²) in [7, 11) is 2.83. The predicted octanol–water partition coefficient (Wildman–Crippen LogP) is 3.80. The molecule has 1 unspecified atom stereocenters. The molecule has 1 saturated heterocycles. The smallest absolute Gasteiger partial charge is 0.295 e. The number of benzene rings is 1. The fraction of sp³-hybridized carbons (Fsp3) is 0.364. The number of rotatable bonds is 8. The summed E-state index contributed by atoms with van der Waals surface area (Å²) in [6.45, 7) is 4.11. The lowest BCUT2D eigenvalue weighted by Gasteiger charge is -2.23. The normalized spacial score (nSPS) is 18.1. The van der Waals surface area contributed by atoms with Gasteiger partial charge in [0.05, 0.1) is 49.4 Å². The Morgan fingerprint density at radius 1 is 1.23 bits per heavy atom. The zero-order chi connectivity index (χ0) is 22.7. The molecule has 1 aliphatic heterocycles. The Labute approximate surface area is 184 Å². The topological polar surface area (TPSA) is 98.4 Å². The monoisotopic (exact) mass is 449 g/mol. The van der Waals surface area contributed by atoms with Crippen LogP contribution >= 0.6 is 11.6 Å². The van der Waals surface area contributed by atoms with Crippen molar-refractivity contribution in [3.8, 4) is 11.5 Å². The van der Waals surface area contributed by atoms with Gasteiger partial charge in [-0.15, -0.1) is 0 Å². The molecule has 0 saturated carbocycles. The lowest BCUT2D eigenvalue weighted by atomic mass is 9.98. The SMILES string of the molecule is COc1cc(/C(O)=C2\C(=O)C(=O)N(CCOC(C)C)C2c2ccco2)c(OC)cc1Cl. The number of aliphatic hydroxyl groups excluding tert-OH is 1. The highest BCUT2D eigenvalue weighted by Gasteiger charge is 2.47. The molecule has 0 spiro atoms. The van der Waals surface area contributed by atoms with Crippen molar-refractivity contribution in [1.82, 2.24) is 4.90 Å². The number of hydrogen-bond acceptors (Lipinski definition) is 7. The predicted molar refractivity (Wildman–Crippen MR) is 113 cm³/mol. The second kappa shape index (κ2) is 9.45. The van der Waals surface area contributed by atoms with E-state index in [-0.39, 0.29) is 46.9 Å². The molecule has 1 N–H and O–H groups in total. The van der Waals surface area contributed by atoms with Gasteiger partial charge in [-0.2, -0.15) is 0 Å². The number of ketones is 1. The molecule has 31 heavy (non-hydrogen) atoms. The van der Waals surface area contributed by atoms with Crippen molar-refractivity contribution in [2.24, 2.45) is 0 Å². The molecule has 1 atom stereocenters. The van der Waals surface area contributed by atoms with Gasteiger partial charge in [0.15, 0.2) is 0 Å². The van der Waals surface area contributed by atoms with Crippen LogP contribution in [0.1, 0.15) is 31.2 Å². The molecule has 0 bridgehead atoms. The molecule has 166 valence electrons. The first-order valence-electron chi connectivity index (χ1n) is 9.65. The zero-order valence-electron chi connectivity index (χ0n) is 17.7. The number of methoxy groups -OCH3 is 2. The number of hydrogen-bond donors (Lipinski definition) is 1. The van der Waals surface area contributed by atoms with Crippen molar-refractivity contribution in [2.75, 3.05) is 27.4 Å². The van der Waals surface area contributed by atoms with Crippen LogP contribution in [0.4, 0.5) is 0 Å². The summed E-state index contributed by atoms with van der Waals surface area (Å²) in [4.78, 5) is 27.1. The van der Waals surface area contributed by atoms with Gasteiger partial charge in [-0.05, 0) is 32.0 Å². The van der Waals surface area contributed by atoms with Crippen LogP contribution in [0.3, 0.4) is 0 Å². The molecule has 0 aliphatic carbocycles. The van der Waals surface area contributed by atoms with Gasteiger partial charge >= 0.3 is 0 Å². The highest BCUT2D eigenvalue weighted by atomic mass is 35.5. The molecule has 3 rings (SSSR count). The van der Waals surface area contributed by atoms with Crippen molar-refractivity contribution in [3.63, 3.8) is 0 Å². The number of carbonyl (C=O) groups is 2. The van der Waals surface area contributed by atoms with Crippen molar-refractivity contribution in [2.45, 2.75) is 26.0 Å². The first kappa shape index (κ1) is 22.7. The number of nitrogens with zero attached hydrogens (tertiary/aromatic N) is 1. The number of furan rings is 1. The van der Waals surface area contributed by atoms with Crippen LogP contribution < -0.4 is 9.47 Å². The van der Waals surface area contributed by atoms with Gasteiger partial charge in [-0.25, -0.2) is 0 Å². The van der Waals surface area contributed by atoms with E-state index < -0.39 is 23.5 Å². The zero-order valence-corrected chi connectivity index (χ0v) is 18.4. The van der Waals surface area contributed by atoms with Crippen LogP contribution in [0.25, 0.3) is 5.76 Å². The van der Waals surface area contributed by atoms with Crippen LogP contribution in [-0.2, 0) is 14.3 Å². The number of Topliss-reactive ketones (excluding diaryl/α,β-unsaturated/α-hetero) is 1. The molecule has 9 heteroatoms. The molecule has 0 radical (unpaired) electrons. The molecule has 1 aromatic carbocycles. The van der Waals surface area contributed by atoms with E-state index >= 15 is 0 Å². The summed E-state index contributed by atoms with van der Waals surface area (Å²) in [5, 5.41) is 11.4. The lowest BCUT2D eigenvalue weighted by molar-refractivity contribution is -0.140. The van der Waals surface area contributed by atoms with Gasteiger partial charge in [0, 0.05) is 12.6 Å². The van der Waals surface area contributed by atoms with Crippen LogP contribution in [0.5, 0.6) is 11.5 Å². The Bertz CT molecular complexity index is 998. The van der Waals surface area contributed by atoms with E-state index in [1.165, 1.54) is 37.5 Å². The molecular weight excluding hydrogens is 426 g/mol. The minimum absolute atomic E-state index is 0.0373. The minimum Gasteiger partial charge on any atom is -0.507 e. The van der Waals surface area contributed by atoms with Crippen molar-refractivity contribution >= 4 is 29.1 Å². The minimum atomic E-state index is -0.919. The van der Waals surface area contributed by atoms with E-state index in [2.05, 4.69) is 0 Å². The largest absolute Gasteiger partial charge is 0.507 e. The Kier molecular flexibility index (Phi) is 6.92. The second-order valence-corrected chi connectivity index (χ2v) is 7.52. The Morgan fingerprint density at radius 3 is 2.52 bits per heavy atom. The Hall–Kier alpha value is -2.97. The third kappa shape index (κ3) is 4.40. The average molecular weight is 450 g/mol. The number of likely N-dealkylation sites (tertiary alicyclic amines) is 1. The van der Waals surface area contributed by atoms with Crippen LogP contribution in [-0.4, -0.2) is 55.2 Å². The van der Waals surface area contributed by atoms with E-state index in [0.717, 1.165) is 0 Å². The molecule has 2 aromatic rings. The lowest BCUT2D eigenvalue weighted by Crippen LogP contribution is -2.33. The molecule has 1 amide bonds. The third-order valence-corrected chi connectivity index (χ3v) is 5.16. The first-order chi connectivity index (χ1) is 14.8. The average Bonchev–Trinajstić information content (AvgIpc) is 3.35. The highest BCUT2D eigenvalue weighted by Crippen LogP contribution is 2.43. The van der Waals surface area contributed by atoms with Gasteiger partial charge in [0.2, 0.25) is 0 Å². The summed E-state index contributed by atoms with van der Waals surface area (Å²) in [6, 6.07) is 5.28. The van der Waals surface area contributed by atoms with E-state index in [4.69, 9.17) is 30.2 Å². The molecular formula is C22H24ClNO7. The van der Waals surface area contributed by atoms with Crippen LogP contribution in [0.2, 0.25) is 5.02 Å². The summed E-state index contributed by atoms with van der Waals surface area (Å²) in [6.07, 6.45) is 1.40. The van der Waals surface area contributed by atoms with Crippen molar-refractivity contribution in [1.29, 1.82) is 0 Å². The molecule has 2 heterocycles. The van der Waals surface area contributed by atoms with Gasteiger partial charge in [-0.1, -0.05) is 11.6 Å². The number of carbonyl (C=O) groups excluding carboxylic acids is 2. The summed E-state index contributed by atoms with van der Waals surface area (Å²) < 4.78 is 21.6. The second-order valence-electron chi connectivity index (χ2n) is 7.11. The summed E-state index contributed by atoms with van der Waals surface area (Å²) in [5.74, 6) is -1.17. The van der Waals surface area contributed by atoms with Gasteiger partial charge < -0.3 is 28.6 Å². The van der Waals surface area contributed by atoms with E-state index in [1.807, 2.05) is 13.8 Å². The summed E-state index contributed by atoms with van der Waals surface area (Å²) >= 11 is 6.15. The maximum Gasteiger partial charge on any atom is 0.295 e. The van der Waals surface area contributed by atoms with Crippen molar-refractivity contribution in [3.05, 3.63) is 52.4 Å². The van der Waals surface area contributed by atoms with E-state index in [0.29, 0.717) is 5.76 Å². The third-order valence-electron chi connectivity index (χ3n) is 4.87. The van der Waals surface area contributed by atoms with E-state index in [9.17, 15) is 14.7 Å². The maximum atomic E-state index is 13.0. The standard InChI is InChI=1S/C22H24ClNO7/c1-12(2)30-9-7-24-19(15-6-5-8-31-15)18(21(26)22(24)27)20(25)13-10-17(29-4)14(23)11-16(13)28-3/h5-6,8,10-12,19,25H,7,9H2,1-4H3/b20-18+. The summed E-state index contributed by atoms with van der Waals surface area (Å²) in [5.41, 5.74) is 0.0453. The van der Waals surface area contributed by atoms with Crippen molar-refractivity contribution < 1.29 is 33.3 Å². The Balaban J connectivity index is 2.14. The molecule has 1 aliphatic rings. The molecule has 8 nitrogen and oxygen atoms in total. The van der Waals surface area contributed by atoms with Gasteiger partial charge in [-0.3, -0.25) is 9.59 Å². The van der Waals surface area contributed by atoms with E-state index in [1.54, 1.807) is 12.1 Å². The Morgan fingerprint density at radius 2 is 1.94 bits per heavy atom. The molecule has 1 aromatic heterocycles. The van der Waals surface area contributed by atoms with Crippen LogP contribution in [0, 0.1) is 0 Å². The van der Waals surface area contributed by atoms with Gasteiger partial charge in [0.25, 0.3) is 11.7 Å². The fourth-order valence-electron chi connectivity index (χ4n) is 3.43.